The second kappa shape index (κ2) is 10.7. The highest BCUT2D eigenvalue weighted by atomic mass is 19.4. The predicted octanol–water partition coefficient (Wildman–Crippen LogP) is 5.82. The number of hydrogen-bond donors (Lipinski definition) is 4. The van der Waals surface area contributed by atoms with Gasteiger partial charge in [-0.3, -0.25) is 4.79 Å². The van der Waals surface area contributed by atoms with E-state index in [4.69, 9.17) is 0 Å². The van der Waals surface area contributed by atoms with E-state index in [0.717, 1.165) is 23.5 Å². The SMILES string of the molecule is C[C@@H](Nc1nc(Nc2ccccc2)nc(Nc2ccccc2)n1)C(=O)Nc1cccc(C(F)(F)F)c1. The lowest BCUT2D eigenvalue weighted by molar-refractivity contribution is -0.137. The maximum atomic E-state index is 13.0. The third-order valence-corrected chi connectivity index (χ3v) is 4.89. The third kappa shape index (κ3) is 6.69. The zero-order valence-corrected chi connectivity index (χ0v) is 19.0. The average molecular weight is 493 g/mol. The number of carbonyl (C=O) groups is 1. The maximum absolute atomic E-state index is 13.0. The van der Waals surface area contributed by atoms with E-state index in [1.165, 1.54) is 12.1 Å². The van der Waals surface area contributed by atoms with E-state index in [9.17, 15) is 18.0 Å². The van der Waals surface area contributed by atoms with Gasteiger partial charge in [-0.2, -0.15) is 28.1 Å². The number of rotatable bonds is 8. The van der Waals surface area contributed by atoms with Gasteiger partial charge in [-0.1, -0.05) is 42.5 Å². The fourth-order valence-corrected chi connectivity index (χ4v) is 3.14. The molecular weight excluding hydrogens is 471 g/mol. The summed E-state index contributed by atoms with van der Waals surface area (Å²) < 4.78 is 38.9. The van der Waals surface area contributed by atoms with E-state index in [1.54, 1.807) is 6.92 Å². The van der Waals surface area contributed by atoms with E-state index >= 15 is 0 Å². The molecule has 1 aromatic heterocycles. The summed E-state index contributed by atoms with van der Waals surface area (Å²) in [6.45, 7) is 1.54. The van der Waals surface area contributed by atoms with Crippen LogP contribution in [-0.4, -0.2) is 26.9 Å². The van der Waals surface area contributed by atoms with Crippen molar-refractivity contribution in [3.05, 3.63) is 90.5 Å². The van der Waals surface area contributed by atoms with Crippen molar-refractivity contribution in [2.75, 3.05) is 21.3 Å². The number of carbonyl (C=O) groups excluding carboxylic acids is 1. The van der Waals surface area contributed by atoms with Crippen molar-refractivity contribution in [1.82, 2.24) is 15.0 Å². The lowest BCUT2D eigenvalue weighted by Crippen LogP contribution is -2.32. The molecule has 4 rings (SSSR count). The molecule has 1 amide bonds. The standard InChI is InChI=1S/C25H22F3N7O/c1-16(21(36)30-20-14-8-9-17(15-20)25(26,27)28)29-22-33-23(31-18-10-4-2-5-11-18)35-24(34-22)32-19-12-6-3-7-13-19/h2-16H,1H3,(H,30,36)(H3,29,31,32,33,34,35)/t16-/m1/s1. The van der Waals surface area contributed by atoms with Gasteiger partial charge < -0.3 is 21.3 Å². The molecule has 1 heterocycles. The molecule has 0 unspecified atom stereocenters. The molecule has 0 saturated heterocycles. The molecular formula is C25H22F3N7O. The summed E-state index contributed by atoms with van der Waals surface area (Å²) in [5.41, 5.74) is 0.662. The van der Waals surface area contributed by atoms with Gasteiger partial charge >= 0.3 is 6.18 Å². The van der Waals surface area contributed by atoms with Gasteiger partial charge in [0.1, 0.15) is 6.04 Å². The molecule has 4 N–H and O–H groups in total. The first-order chi connectivity index (χ1) is 17.3. The highest BCUT2D eigenvalue weighted by Gasteiger charge is 2.30. The van der Waals surface area contributed by atoms with Crippen LogP contribution in [0.2, 0.25) is 0 Å². The van der Waals surface area contributed by atoms with Crippen molar-refractivity contribution in [1.29, 1.82) is 0 Å². The summed E-state index contributed by atoms with van der Waals surface area (Å²) in [5.74, 6) is -0.0244. The molecule has 4 aromatic rings. The Morgan fingerprint density at radius 3 is 1.75 bits per heavy atom. The second-order valence-corrected chi connectivity index (χ2v) is 7.72. The Morgan fingerprint density at radius 2 is 1.22 bits per heavy atom. The number of benzene rings is 3. The Balaban J connectivity index is 1.52. The Morgan fingerprint density at radius 1 is 0.722 bits per heavy atom. The summed E-state index contributed by atoms with van der Waals surface area (Å²) >= 11 is 0. The molecule has 184 valence electrons. The molecule has 0 aliphatic heterocycles. The molecule has 0 aliphatic rings. The predicted molar refractivity (Wildman–Crippen MR) is 132 cm³/mol. The molecule has 0 radical (unpaired) electrons. The fraction of sp³-hybridized carbons (Fsp3) is 0.120. The molecule has 0 saturated carbocycles. The van der Waals surface area contributed by atoms with Gasteiger partial charge in [-0.05, 0) is 49.4 Å². The first kappa shape index (κ1) is 24.5. The summed E-state index contributed by atoms with van der Waals surface area (Å²) in [7, 11) is 0. The lowest BCUT2D eigenvalue weighted by Gasteiger charge is -2.16. The number of amides is 1. The van der Waals surface area contributed by atoms with Crippen LogP contribution >= 0.6 is 0 Å². The lowest BCUT2D eigenvalue weighted by atomic mass is 10.2. The van der Waals surface area contributed by atoms with Gasteiger partial charge in [-0.15, -0.1) is 0 Å². The van der Waals surface area contributed by atoms with Gasteiger partial charge in [0.05, 0.1) is 5.56 Å². The highest BCUT2D eigenvalue weighted by Crippen LogP contribution is 2.30. The Labute approximate surface area is 205 Å². The Hall–Kier alpha value is -4.67. The average Bonchev–Trinajstić information content (AvgIpc) is 2.85. The van der Waals surface area contributed by atoms with Gasteiger partial charge in [0.2, 0.25) is 23.8 Å². The maximum Gasteiger partial charge on any atom is 0.416 e. The summed E-state index contributed by atoms with van der Waals surface area (Å²) in [4.78, 5) is 25.7. The van der Waals surface area contributed by atoms with E-state index in [0.29, 0.717) is 0 Å². The molecule has 0 bridgehead atoms. The van der Waals surface area contributed by atoms with Crippen LogP contribution in [0.3, 0.4) is 0 Å². The smallest absolute Gasteiger partial charge is 0.342 e. The van der Waals surface area contributed by atoms with Crippen molar-refractivity contribution in [3.8, 4) is 0 Å². The number of halogens is 3. The number of hydrogen-bond acceptors (Lipinski definition) is 7. The van der Waals surface area contributed by atoms with Crippen molar-refractivity contribution in [3.63, 3.8) is 0 Å². The first-order valence-electron chi connectivity index (χ1n) is 10.9. The largest absolute Gasteiger partial charge is 0.416 e. The summed E-state index contributed by atoms with van der Waals surface area (Å²) in [6, 6.07) is 22.1. The summed E-state index contributed by atoms with van der Waals surface area (Å²) in [5, 5.41) is 11.5. The summed E-state index contributed by atoms with van der Waals surface area (Å²) in [6.07, 6.45) is -4.51. The van der Waals surface area contributed by atoms with Crippen LogP contribution in [0.25, 0.3) is 0 Å². The minimum absolute atomic E-state index is 0.0250. The first-order valence-corrected chi connectivity index (χ1v) is 10.9. The van der Waals surface area contributed by atoms with Crippen molar-refractivity contribution >= 4 is 40.8 Å². The van der Waals surface area contributed by atoms with E-state index in [1.807, 2.05) is 60.7 Å². The van der Waals surface area contributed by atoms with Crippen LogP contribution in [0.4, 0.5) is 48.1 Å². The van der Waals surface area contributed by atoms with Crippen molar-refractivity contribution in [2.24, 2.45) is 0 Å². The van der Waals surface area contributed by atoms with Crippen LogP contribution < -0.4 is 21.3 Å². The molecule has 36 heavy (non-hydrogen) atoms. The van der Waals surface area contributed by atoms with Gasteiger partial charge in [0.15, 0.2) is 0 Å². The number of alkyl halides is 3. The van der Waals surface area contributed by atoms with E-state index in [2.05, 4.69) is 36.2 Å². The van der Waals surface area contributed by atoms with Crippen LogP contribution in [0.5, 0.6) is 0 Å². The number of nitrogens with zero attached hydrogens (tertiary/aromatic N) is 3. The zero-order valence-electron chi connectivity index (χ0n) is 19.0. The third-order valence-electron chi connectivity index (χ3n) is 4.89. The minimum Gasteiger partial charge on any atom is -0.342 e. The van der Waals surface area contributed by atoms with E-state index in [-0.39, 0.29) is 23.5 Å². The van der Waals surface area contributed by atoms with E-state index < -0.39 is 23.7 Å². The van der Waals surface area contributed by atoms with Crippen LogP contribution in [-0.2, 0) is 11.0 Å². The molecule has 11 heteroatoms. The molecule has 0 fully saturated rings. The zero-order chi connectivity index (χ0) is 25.5. The second-order valence-electron chi connectivity index (χ2n) is 7.72. The monoisotopic (exact) mass is 493 g/mol. The Kier molecular flexibility index (Phi) is 7.28. The number of para-hydroxylation sites is 2. The number of anilines is 6. The van der Waals surface area contributed by atoms with Gasteiger partial charge in [0.25, 0.3) is 0 Å². The number of aromatic nitrogens is 3. The Bertz CT molecular complexity index is 1260. The molecule has 3 aromatic carbocycles. The highest BCUT2D eigenvalue weighted by molar-refractivity contribution is 5.96. The molecule has 8 nitrogen and oxygen atoms in total. The normalized spacial score (nSPS) is 11.9. The van der Waals surface area contributed by atoms with Crippen LogP contribution in [0.1, 0.15) is 12.5 Å². The topological polar surface area (TPSA) is 104 Å². The van der Waals surface area contributed by atoms with Crippen LogP contribution in [0.15, 0.2) is 84.9 Å². The molecule has 0 spiro atoms. The quantitative estimate of drug-likeness (QED) is 0.245. The minimum atomic E-state index is -4.51. The number of nitrogens with one attached hydrogen (secondary N) is 4. The van der Waals surface area contributed by atoms with Gasteiger partial charge in [-0.25, -0.2) is 0 Å². The molecule has 1 atom stereocenters. The van der Waals surface area contributed by atoms with Crippen LogP contribution in [0, 0.1) is 0 Å². The van der Waals surface area contributed by atoms with Crippen molar-refractivity contribution in [2.45, 2.75) is 19.1 Å². The van der Waals surface area contributed by atoms with Crippen molar-refractivity contribution < 1.29 is 18.0 Å². The van der Waals surface area contributed by atoms with Gasteiger partial charge in [0, 0.05) is 17.1 Å². The molecule has 0 aliphatic carbocycles. The fourth-order valence-electron chi connectivity index (χ4n) is 3.14.